The van der Waals surface area contributed by atoms with Gasteiger partial charge in [-0.1, -0.05) is 6.92 Å². The summed E-state index contributed by atoms with van der Waals surface area (Å²) in [6.07, 6.45) is 11.5. The maximum atomic E-state index is 5.16. The molecule has 0 atom stereocenters. The van der Waals surface area contributed by atoms with Crippen molar-refractivity contribution in [2.45, 2.75) is 32.9 Å². The topological polar surface area (TPSA) is 17.0 Å². The van der Waals surface area contributed by atoms with E-state index in [0.717, 1.165) is 26.1 Å². The van der Waals surface area contributed by atoms with Gasteiger partial charge in [0, 0.05) is 38.4 Å². The highest BCUT2D eigenvalue weighted by atomic mass is 14.9. The molecule has 0 unspecified atom stereocenters. The van der Waals surface area contributed by atoms with Crippen molar-refractivity contribution in [1.29, 1.82) is 0 Å². The number of hydrogen-bond donors (Lipinski definition) is 1. The first-order valence-electron chi connectivity index (χ1n) is 5.15. The fourth-order valence-corrected chi connectivity index (χ4v) is 1.39. The monoisotopic (exact) mass is 190 g/mol. The molecule has 1 heterocycles. The molecule has 1 rings (SSSR count). The summed E-state index contributed by atoms with van der Waals surface area (Å²) in [6.45, 7) is 5.10. The number of nitrogens with zero attached hydrogens (tertiary/aromatic N) is 1. The Morgan fingerprint density at radius 2 is 2.43 bits per heavy atom. The predicted molar refractivity (Wildman–Crippen MR) is 59.9 cm³/mol. The highest BCUT2D eigenvalue weighted by Gasteiger charge is 1.94. The Balaban J connectivity index is 2.26. The van der Waals surface area contributed by atoms with Crippen LogP contribution in [0, 0.1) is 12.3 Å². The molecule has 0 aromatic carbocycles. The molecule has 0 bridgehead atoms. The molecule has 14 heavy (non-hydrogen) atoms. The largest absolute Gasteiger partial charge is 0.354 e. The van der Waals surface area contributed by atoms with Crippen LogP contribution in [0.25, 0.3) is 0 Å². The highest BCUT2D eigenvalue weighted by molar-refractivity contribution is 5.09. The molecule has 1 N–H and O–H groups in total. The Kier molecular flexibility index (Phi) is 4.88. The normalized spacial score (nSPS) is 10.0. The van der Waals surface area contributed by atoms with Crippen molar-refractivity contribution in [3.05, 3.63) is 24.0 Å². The molecule has 0 spiro atoms. The summed E-state index contributed by atoms with van der Waals surface area (Å²) in [4.78, 5) is 0. The average Bonchev–Trinajstić information content (AvgIpc) is 2.61. The predicted octanol–water partition coefficient (Wildman–Crippen LogP) is 2.01. The van der Waals surface area contributed by atoms with Crippen molar-refractivity contribution in [2.75, 3.05) is 6.54 Å². The molecule has 2 nitrogen and oxygen atoms in total. The lowest BCUT2D eigenvalue weighted by Crippen LogP contribution is -2.13. The minimum Gasteiger partial charge on any atom is -0.354 e. The third-order valence-corrected chi connectivity index (χ3v) is 2.07. The minimum absolute atomic E-state index is 0.801. The molecule has 0 fully saturated rings. The van der Waals surface area contributed by atoms with E-state index in [1.54, 1.807) is 0 Å². The summed E-state index contributed by atoms with van der Waals surface area (Å²) in [5.41, 5.74) is 1.33. The lowest BCUT2D eigenvalue weighted by molar-refractivity contribution is 0.671. The zero-order valence-electron chi connectivity index (χ0n) is 8.79. The van der Waals surface area contributed by atoms with Gasteiger partial charge in [-0.15, -0.1) is 12.3 Å². The average molecular weight is 190 g/mol. The van der Waals surface area contributed by atoms with Gasteiger partial charge in [-0.2, -0.15) is 0 Å². The molecule has 0 aliphatic heterocycles. The Bertz CT molecular complexity index is 294. The van der Waals surface area contributed by atoms with Crippen LogP contribution in [0.2, 0.25) is 0 Å². The molecule has 0 aliphatic carbocycles. The summed E-state index contributed by atoms with van der Waals surface area (Å²) in [5, 5.41) is 3.30. The van der Waals surface area contributed by atoms with Crippen molar-refractivity contribution in [3.8, 4) is 12.3 Å². The van der Waals surface area contributed by atoms with Crippen LogP contribution in [0.4, 0.5) is 0 Å². The van der Waals surface area contributed by atoms with E-state index >= 15 is 0 Å². The van der Waals surface area contributed by atoms with Crippen LogP contribution in [-0.2, 0) is 13.1 Å². The fraction of sp³-hybridized carbons (Fsp3) is 0.500. The quantitative estimate of drug-likeness (QED) is 0.536. The molecule has 1 aromatic rings. The van der Waals surface area contributed by atoms with Gasteiger partial charge in [-0.25, -0.2) is 0 Å². The molecule has 0 amide bonds. The van der Waals surface area contributed by atoms with Gasteiger partial charge in [0.15, 0.2) is 0 Å². The second-order valence-corrected chi connectivity index (χ2v) is 3.39. The van der Waals surface area contributed by atoms with E-state index in [1.807, 2.05) is 0 Å². The number of aryl methyl sites for hydroxylation is 1. The molecular formula is C12H18N2. The Hall–Kier alpha value is -1.20. The van der Waals surface area contributed by atoms with Crippen molar-refractivity contribution in [3.63, 3.8) is 0 Å². The zero-order chi connectivity index (χ0) is 10.2. The summed E-state index contributed by atoms with van der Waals surface area (Å²) >= 11 is 0. The molecule has 0 saturated carbocycles. The Morgan fingerprint density at radius 1 is 1.57 bits per heavy atom. The molecule has 1 aromatic heterocycles. The van der Waals surface area contributed by atoms with Crippen LogP contribution < -0.4 is 5.32 Å². The van der Waals surface area contributed by atoms with Crippen LogP contribution in [0.3, 0.4) is 0 Å². The van der Waals surface area contributed by atoms with Gasteiger partial charge in [0.2, 0.25) is 0 Å². The first kappa shape index (κ1) is 10.9. The summed E-state index contributed by atoms with van der Waals surface area (Å²) in [6, 6.07) is 2.15. The van der Waals surface area contributed by atoms with Gasteiger partial charge in [0.1, 0.15) is 0 Å². The third-order valence-electron chi connectivity index (χ3n) is 2.07. The Labute approximate surface area is 86.3 Å². The fourth-order valence-electron chi connectivity index (χ4n) is 1.39. The molecule has 0 aliphatic rings. The van der Waals surface area contributed by atoms with Gasteiger partial charge >= 0.3 is 0 Å². The van der Waals surface area contributed by atoms with Crippen LogP contribution in [0.5, 0.6) is 0 Å². The SMILES string of the molecule is C#CCCNCc1ccn(CCC)c1. The lowest BCUT2D eigenvalue weighted by atomic mass is 10.3. The first-order valence-corrected chi connectivity index (χ1v) is 5.15. The first-order chi connectivity index (χ1) is 6.86. The molecule has 0 radical (unpaired) electrons. The standard InChI is InChI=1S/C12H18N2/c1-3-5-7-13-10-12-6-9-14(11-12)8-4-2/h1,6,9,11,13H,4-5,7-8,10H2,2H3. The van der Waals surface area contributed by atoms with Gasteiger partial charge in [-0.3, -0.25) is 0 Å². The number of aromatic nitrogens is 1. The number of nitrogens with one attached hydrogen (secondary N) is 1. The van der Waals surface area contributed by atoms with E-state index in [4.69, 9.17) is 6.42 Å². The van der Waals surface area contributed by atoms with E-state index in [0.29, 0.717) is 0 Å². The van der Waals surface area contributed by atoms with E-state index in [-0.39, 0.29) is 0 Å². The van der Waals surface area contributed by atoms with E-state index < -0.39 is 0 Å². The summed E-state index contributed by atoms with van der Waals surface area (Å²) < 4.78 is 2.22. The summed E-state index contributed by atoms with van der Waals surface area (Å²) in [7, 11) is 0. The molecule has 2 heteroatoms. The van der Waals surface area contributed by atoms with Crippen LogP contribution in [0.15, 0.2) is 18.5 Å². The number of hydrogen-bond acceptors (Lipinski definition) is 1. The zero-order valence-corrected chi connectivity index (χ0v) is 8.79. The number of rotatable bonds is 6. The van der Waals surface area contributed by atoms with E-state index in [9.17, 15) is 0 Å². The molecular weight excluding hydrogens is 172 g/mol. The van der Waals surface area contributed by atoms with Crippen LogP contribution >= 0.6 is 0 Å². The van der Waals surface area contributed by atoms with Crippen molar-refractivity contribution < 1.29 is 0 Å². The van der Waals surface area contributed by atoms with Crippen molar-refractivity contribution >= 4 is 0 Å². The van der Waals surface area contributed by atoms with Gasteiger partial charge in [0.25, 0.3) is 0 Å². The second kappa shape index (κ2) is 6.28. The van der Waals surface area contributed by atoms with Crippen LogP contribution in [0.1, 0.15) is 25.3 Å². The second-order valence-electron chi connectivity index (χ2n) is 3.39. The summed E-state index contributed by atoms with van der Waals surface area (Å²) in [5.74, 6) is 2.61. The van der Waals surface area contributed by atoms with Crippen molar-refractivity contribution in [1.82, 2.24) is 9.88 Å². The smallest absolute Gasteiger partial charge is 0.0220 e. The highest BCUT2D eigenvalue weighted by Crippen LogP contribution is 2.01. The van der Waals surface area contributed by atoms with Crippen molar-refractivity contribution in [2.24, 2.45) is 0 Å². The Morgan fingerprint density at radius 3 is 3.14 bits per heavy atom. The third kappa shape index (κ3) is 3.68. The van der Waals surface area contributed by atoms with Gasteiger partial charge in [0.05, 0.1) is 0 Å². The molecule has 0 saturated heterocycles. The number of terminal acetylenes is 1. The van der Waals surface area contributed by atoms with E-state index in [2.05, 4.69) is 41.2 Å². The maximum Gasteiger partial charge on any atom is 0.0220 e. The molecule has 76 valence electrons. The van der Waals surface area contributed by atoms with Gasteiger partial charge < -0.3 is 9.88 Å². The van der Waals surface area contributed by atoms with Crippen LogP contribution in [-0.4, -0.2) is 11.1 Å². The van der Waals surface area contributed by atoms with E-state index in [1.165, 1.54) is 12.0 Å². The maximum absolute atomic E-state index is 5.16. The lowest BCUT2D eigenvalue weighted by Gasteiger charge is -2.00. The van der Waals surface area contributed by atoms with Gasteiger partial charge in [-0.05, 0) is 18.1 Å². The minimum atomic E-state index is 0.801.